The molecule has 0 aromatic carbocycles. The lowest BCUT2D eigenvalue weighted by molar-refractivity contribution is 0.00297. The Morgan fingerprint density at radius 3 is 2.08 bits per heavy atom. The lowest BCUT2D eigenvalue weighted by atomic mass is 9.68. The minimum absolute atomic E-state index is 0.268. The lowest BCUT2D eigenvalue weighted by Gasteiger charge is -2.47. The molecule has 0 spiro atoms. The molecular weight excluding hydrogens is 162 g/mol. The maximum Gasteiger partial charge on any atom is 0.0514 e. The van der Waals surface area contributed by atoms with E-state index in [4.69, 9.17) is 0 Å². The molecule has 1 aliphatic carbocycles. The van der Waals surface area contributed by atoms with Crippen LogP contribution < -0.4 is 5.32 Å². The zero-order valence-corrected chi connectivity index (χ0v) is 8.39. The average Bonchev–Trinajstić information content (AvgIpc) is 2.32. The highest BCUT2D eigenvalue weighted by Crippen LogP contribution is 2.40. The van der Waals surface area contributed by atoms with Crippen molar-refractivity contribution in [3.8, 4) is 0 Å². The van der Waals surface area contributed by atoms with Gasteiger partial charge in [-0.05, 0) is 18.8 Å². The number of hydrogen-bond donors (Lipinski definition) is 2. The Labute approximate surface area is 80.7 Å². The van der Waals surface area contributed by atoms with E-state index in [1.165, 1.54) is 38.5 Å². The molecule has 0 unspecified atom stereocenters. The second-order valence-corrected chi connectivity index (χ2v) is 4.81. The summed E-state index contributed by atoms with van der Waals surface area (Å²) in [5.74, 6) is 0.793. The molecule has 0 aromatic rings. The van der Waals surface area contributed by atoms with Crippen molar-refractivity contribution in [3.63, 3.8) is 0 Å². The van der Waals surface area contributed by atoms with E-state index < -0.39 is 0 Å². The van der Waals surface area contributed by atoms with Gasteiger partial charge in [0.1, 0.15) is 0 Å². The number of nitrogens with one attached hydrogen (secondary N) is 1. The second-order valence-electron chi connectivity index (χ2n) is 4.81. The number of aliphatic hydroxyl groups excluding tert-OH is 1. The van der Waals surface area contributed by atoms with Crippen molar-refractivity contribution in [2.75, 3.05) is 19.7 Å². The average molecular weight is 183 g/mol. The zero-order valence-electron chi connectivity index (χ0n) is 8.39. The van der Waals surface area contributed by atoms with Gasteiger partial charge in [-0.25, -0.2) is 0 Å². The van der Waals surface area contributed by atoms with Crippen molar-refractivity contribution in [2.45, 2.75) is 38.5 Å². The molecule has 2 heteroatoms. The van der Waals surface area contributed by atoms with Crippen molar-refractivity contribution < 1.29 is 5.11 Å². The van der Waals surface area contributed by atoms with Gasteiger partial charge in [-0.2, -0.15) is 0 Å². The first-order chi connectivity index (χ1) is 6.37. The molecule has 0 aromatic heterocycles. The van der Waals surface area contributed by atoms with Crippen LogP contribution in [0.1, 0.15) is 38.5 Å². The Kier molecular flexibility index (Phi) is 2.89. The van der Waals surface area contributed by atoms with Gasteiger partial charge in [-0.3, -0.25) is 0 Å². The van der Waals surface area contributed by atoms with E-state index >= 15 is 0 Å². The highest BCUT2D eigenvalue weighted by molar-refractivity contribution is 4.97. The standard InChI is InChI=1S/C11H21NO/c13-9-11(7-12-8-11)10-5-3-1-2-4-6-10/h10,12-13H,1-9H2. The molecule has 0 radical (unpaired) electrons. The summed E-state index contributed by atoms with van der Waals surface area (Å²) < 4.78 is 0. The number of aliphatic hydroxyl groups is 1. The summed E-state index contributed by atoms with van der Waals surface area (Å²) in [5.41, 5.74) is 0.268. The van der Waals surface area contributed by atoms with Gasteiger partial charge < -0.3 is 10.4 Å². The predicted octanol–water partition coefficient (Wildman–Crippen LogP) is 1.54. The van der Waals surface area contributed by atoms with E-state index in [9.17, 15) is 5.11 Å². The van der Waals surface area contributed by atoms with E-state index in [1.807, 2.05) is 0 Å². The van der Waals surface area contributed by atoms with Crippen LogP contribution in [0.25, 0.3) is 0 Å². The van der Waals surface area contributed by atoms with Gasteiger partial charge in [-0.15, -0.1) is 0 Å². The molecule has 1 aliphatic heterocycles. The summed E-state index contributed by atoms with van der Waals surface area (Å²) >= 11 is 0. The second kappa shape index (κ2) is 3.97. The maximum atomic E-state index is 9.44. The topological polar surface area (TPSA) is 32.3 Å². The normalized spacial score (nSPS) is 29.3. The van der Waals surface area contributed by atoms with Crippen LogP contribution in [-0.2, 0) is 0 Å². The summed E-state index contributed by atoms with van der Waals surface area (Å²) in [6.07, 6.45) is 8.28. The third kappa shape index (κ3) is 1.75. The Morgan fingerprint density at radius 1 is 1.08 bits per heavy atom. The van der Waals surface area contributed by atoms with Crippen LogP contribution in [0.4, 0.5) is 0 Å². The molecule has 2 rings (SSSR count). The van der Waals surface area contributed by atoms with Gasteiger partial charge in [-0.1, -0.05) is 25.7 Å². The fourth-order valence-corrected chi connectivity index (χ4v) is 2.87. The molecule has 2 fully saturated rings. The van der Waals surface area contributed by atoms with Crippen molar-refractivity contribution in [1.82, 2.24) is 5.32 Å². The van der Waals surface area contributed by atoms with E-state index in [-0.39, 0.29) is 5.41 Å². The molecule has 13 heavy (non-hydrogen) atoms. The van der Waals surface area contributed by atoms with Gasteiger partial charge in [0.05, 0.1) is 6.61 Å². The third-order valence-electron chi connectivity index (χ3n) is 3.99. The van der Waals surface area contributed by atoms with E-state index in [2.05, 4.69) is 5.32 Å². The van der Waals surface area contributed by atoms with E-state index in [0.29, 0.717) is 6.61 Å². The Hall–Kier alpha value is -0.0800. The van der Waals surface area contributed by atoms with Crippen LogP contribution in [0.5, 0.6) is 0 Å². The van der Waals surface area contributed by atoms with Gasteiger partial charge in [0.15, 0.2) is 0 Å². The van der Waals surface area contributed by atoms with Crippen LogP contribution in [0, 0.1) is 11.3 Å². The minimum Gasteiger partial charge on any atom is -0.396 e. The third-order valence-corrected chi connectivity index (χ3v) is 3.99. The van der Waals surface area contributed by atoms with E-state index in [0.717, 1.165) is 19.0 Å². The summed E-state index contributed by atoms with van der Waals surface area (Å²) in [5, 5.41) is 12.8. The first-order valence-electron chi connectivity index (χ1n) is 5.69. The minimum atomic E-state index is 0.268. The highest BCUT2D eigenvalue weighted by atomic mass is 16.3. The fourth-order valence-electron chi connectivity index (χ4n) is 2.87. The maximum absolute atomic E-state index is 9.44. The summed E-state index contributed by atoms with van der Waals surface area (Å²) in [4.78, 5) is 0. The molecule has 1 heterocycles. The van der Waals surface area contributed by atoms with Crippen molar-refractivity contribution in [3.05, 3.63) is 0 Å². The van der Waals surface area contributed by atoms with Crippen molar-refractivity contribution in [1.29, 1.82) is 0 Å². The molecule has 1 saturated heterocycles. The molecule has 76 valence electrons. The fraction of sp³-hybridized carbons (Fsp3) is 1.00. The number of hydrogen-bond acceptors (Lipinski definition) is 2. The Bertz CT molecular complexity index is 152. The van der Waals surface area contributed by atoms with Gasteiger partial charge in [0.2, 0.25) is 0 Å². The zero-order chi connectivity index (χ0) is 9.15. The quantitative estimate of drug-likeness (QED) is 0.636. The highest BCUT2D eigenvalue weighted by Gasteiger charge is 2.43. The van der Waals surface area contributed by atoms with Crippen LogP contribution in [0.3, 0.4) is 0 Å². The summed E-state index contributed by atoms with van der Waals surface area (Å²) in [7, 11) is 0. The SMILES string of the molecule is OCC1(C2CCCCCC2)CNC1. The van der Waals surface area contributed by atoms with Crippen molar-refractivity contribution in [2.24, 2.45) is 11.3 Å². The first-order valence-corrected chi connectivity index (χ1v) is 5.69. The monoisotopic (exact) mass is 183 g/mol. The lowest BCUT2D eigenvalue weighted by Crippen LogP contribution is -2.59. The predicted molar refractivity (Wildman–Crippen MR) is 53.6 cm³/mol. The van der Waals surface area contributed by atoms with Crippen LogP contribution >= 0.6 is 0 Å². The smallest absolute Gasteiger partial charge is 0.0514 e. The molecule has 0 atom stereocenters. The largest absolute Gasteiger partial charge is 0.396 e. The van der Waals surface area contributed by atoms with Crippen molar-refractivity contribution >= 4 is 0 Å². The molecular formula is C11H21NO. The summed E-state index contributed by atoms with van der Waals surface area (Å²) in [6, 6.07) is 0. The van der Waals surface area contributed by atoms with Crippen LogP contribution in [-0.4, -0.2) is 24.8 Å². The van der Waals surface area contributed by atoms with Crippen LogP contribution in [0.15, 0.2) is 0 Å². The van der Waals surface area contributed by atoms with Gasteiger partial charge >= 0.3 is 0 Å². The molecule has 2 N–H and O–H groups in total. The Morgan fingerprint density at radius 2 is 1.69 bits per heavy atom. The van der Waals surface area contributed by atoms with Gasteiger partial charge in [0, 0.05) is 18.5 Å². The first kappa shape index (κ1) is 9.47. The number of rotatable bonds is 2. The van der Waals surface area contributed by atoms with E-state index in [1.54, 1.807) is 0 Å². The molecule has 2 aliphatic rings. The van der Waals surface area contributed by atoms with Gasteiger partial charge in [0.25, 0.3) is 0 Å². The molecule has 0 bridgehead atoms. The molecule has 1 saturated carbocycles. The van der Waals surface area contributed by atoms with Crippen LogP contribution in [0.2, 0.25) is 0 Å². The molecule has 2 nitrogen and oxygen atoms in total. The molecule has 0 amide bonds. The Balaban J connectivity index is 1.95. The summed E-state index contributed by atoms with van der Waals surface area (Å²) in [6.45, 7) is 2.49.